The zero-order chi connectivity index (χ0) is 18.3. The van der Waals surface area contributed by atoms with Gasteiger partial charge in [0.05, 0.1) is 4.90 Å². The SMILES string of the molecule is Cc1ccc(S(=O)(=O)OCCOc2ccc(/C=C/C(=O)O)cc2)cc1. The number of rotatable bonds is 8. The lowest BCUT2D eigenvalue weighted by Crippen LogP contribution is -2.13. The first-order chi connectivity index (χ1) is 11.9. The van der Waals surface area contributed by atoms with E-state index in [0.717, 1.165) is 11.6 Å². The van der Waals surface area contributed by atoms with Crippen molar-refractivity contribution in [2.75, 3.05) is 13.2 Å². The molecule has 2 aromatic carbocycles. The molecule has 0 aliphatic carbocycles. The van der Waals surface area contributed by atoms with Crippen molar-refractivity contribution in [1.29, 1.82) is 0 Å². The lowest BCUT2D eigenvalue weighted by molar-refractivity contribution is -0.131. The molecule has 0 aromatic heterocycles. The minimum absolute atomic E-state index is 0.0649. The van der Waals surface area contributed by atoms with Crippen LogP contribution in [0.25, 0.3) is 6.08 Å². The third kappa shape index (κ3) is 6.06. The average Bonchev–Trinajstić information content (AvgIpc) is 2.58. The Balaban J connectivity index is 1.82. The number of hydrogen-bond acceptors (Lipinski definition) is 5. The van der Waals surface area contributed by atoms with Gasteiger partial charge in [0.15, 0.2) is 0 Å². The van der Waals surface area contributed by atoms with E-state index in [0.29, 0.717) is 11.3 Å². The maximum absolute atomic E-state index is 12.0. The fraction of sp³-hybridized carbons (Fsp3) is 0.167. The van der Waals surface area contributed by atoms with Crippen LogP contribution in [0.4, 0.5) is 0 Å². The molecule has 0 aliphatic heterocycles. The Labute approximate surface area is 146 Å². The number of carboxylic acid groups (broad SMARTS) is 1. The molecule has 0 fully saturated rings. The number of ether oxygens (including phenoxy) is 1. The number of aliphatic carboxylic acids is 1. The van der Waals surface area contributed by atoms with Gasteiger partial charge in [0.1, 0.15) is 19.0 Å². The van der Waals surface area contributed by atoms with E-state index < -0.39 is 16.1 Å². The largest absolute Gasteiger partial charge is 0.491 e. The van der Waals surface area contributed by atoms with E-state index >= 15 is 0 Å². The van der Waals surface area contributed by atoms with Gasteiger partial charge < -0.3 is 9.84 Å². The molecule has 1 N–H and O–H groups in total. The van der Waals surface area contributed by atoms with Crippen LogP contribution >= 0.6 is 0 Å². The smallest absolute Gasteiger partial charge is 0.328 e. The summed E-state index contributed by atoms with van der Waals surface area (Å²) in [6, 6.07) is 13.1. The monoisotopic (exact) mass is 362 g/mol. The van der Waals surface area contributed by atoms with Gasteiger partial charge in [0.2, 0.25) is 0 Å². The Hall–Kier alpha value is -2.64. The summed E-state index contributed by atoms with van der Waals surface area (Å²) < 4.78 is 34.3. The minimum atomic E-state index is -3.80. The van der Waals surface area contributed by atoms with Crippen molar-refractivity contribution in [3.8, 4) is 5.75 Å². The summed E-state index contributed by atoms with van der Waals surface area (Å²) in [5.41, 5.74) is 1.68. The quantitative estimate of drug-likeness (QED) is 0.441. The maximum atomic E-state index is 12.0. The highest BCUT2D eigenvalue weighted by Gasteiger charge is 2.14. The van der Waals surface area contributed by atoms with Crippen LogP contribution in [0.3, 0.4) is 0 Å². The Morgan fingerprint density at radius 2 is 1.68 bits per heavy atom. The Morgan fingerprint density at radius 1 is 1.04 bits per heavy atom. The lowest BCUT2D eigenvalue weighted by atomic mass is 10.2. The van der Waals surface area contributed by atoms with Gasteiger partial charge in [-0.1, -0.05) is 29.8 Å². The third-order valence-corrected chi connectivity index (χ3v) is 4.53. The van der Waals surface area contributed by atoms with Crippen molar-refractivity contribution in [3.63, 3.8) is 0 Å². The average molecular weight is 362 g/mol. The molecule has 0 radical (unpaired) electrons. The molecule has 0 spiro atoms. The fourth-order valence-corrected chi connectivity index (χ4v) is 2.81. The van der Waals surface area contributed by atoms with Gasteiger partial charge in [-0.2, -0.15) is 8.42 Å². The lowest BCUT2D eigenvalue weighted by Gasteiger charge is -2.08. The van der Waals surface area contributed by atoms with Gasteiger partial charge in [-0.25, -0.2) is 4.79 Å². The highest BCUT2D eigenvalue weighted by atomic mass is 32.2. The Morgan fingerprint density at radius 3 is 2.28 bits per heavy atom. The van der Waals surface area contributed by atoms with Crippen LogP contribution in [0.1, 0.15) is 11.1 Å². The van der Waals surface area contributed by atoms with Crippen LogP contribution in [-0.2, 0) is 19.1 Å². The first-order valence-electron chi connectivity index (χ1n) is 7.47. The van der Waals surface area contributed by atoms with E-state index in [4.69, 9.17) is 14.0 Å². The summed E-state index contributed by atoms with van der Waals surface area (Å²) >= 11 is 0. The Bertz CT molecular complexity index is 836. The first-order valence-corrected chi connectivity index (χ1v) is 8.87. The highest BCUT2D eigenvalue weighted by Crippen LogP contribution is 2.15. The molecule has 0 amide bonds. The molecule has 132 valence electrons. The highest BCUT2D eigenvalue weighted by molar-refractivity contribution is 7.86. The number of benzene rings is 2. The molecule has 7 heteroatoms. The van der Waals surface area contributed by atoms with E-state index in [2.05, 4.69) is 0 Å². The van der Waals surface area contributed by atoms with Crippen LogP contribution in [0.2, 0.25) is 0 Å². The van der Waals surface area contributed by atoms with Crippen molar-refractivity contribution in [2.45, 2.75) is 11.8 Å². The second-order valence-corrected chi connectivity index (χ2v) is 6.79. The molecule has 0 bridgehead atoms. The maximum Gasteiger partial charge on any atom is 0.328 e. The Kier molecular flexibility index (Phi) is 6.32. The molecule has 0 unspecified atom stereocenters. The van der Waals surface area contributed by atoms with Gasteiger partial charge >= 0.3 is 5.97 Å². The van der Waals surface area contributed by atoms with Gasteiger partial charge in [-0.3, -0.25) is 4.18 Å². The standard InChI is InChI=1S/C18H18O6S/c1-14-2-9-17(10-3-14)25(21,22)24-13-12-23-16-7-4-15(5-8-16)6-11-18(19)20/h2-11H,12-13H2,1H3,(H,19,20)/b11-6+. The molecular weight excluding hydrogens is 344 g/mol. The minimum Gasteiger partial charge on any atom is -0.491 e. The predicted molar refractivity (Wildman–Crippen MR) is 92.9 cm³/mol. The van der Waals surface area contributed by atoms with Crippen molar-refractivity contribution >= 4 is 22.2 Å². The molecule has 2 rings (SSSR count). The second kappa shape index (κ2) is 8.46. The first kappa shape index (κ1) is 18.7. The summed E-state index contributed by atoms with van der Waals surface area (Å²) in [4.78, 5) is 10.5. The van der Waals surface area contributed by atoms with Crippen molar-refractivity contribution in [2.24, 2.45) is 0 Å². The number of aryl methyl sites for hydroxylation is 1. The zero-order valence-corrected chi connectivity index (χ0v) is 14.4. The van der Waals surface area contributed by atoms with E-state index in [1.54, 1.807) is 36.4 Å². The van der Waals surface area contributed by atoms with Gasteiger partial charge in [-0.05, 0) is 42.8 Å². The summed E-state index contributed by atoms with van der Waals surface area (Å²) in [5.74, 6) is -0.490. The van der Waals surface area contributed by atoms with E-state index in [9.17, 15) is 13.2 Å². The summed E-state index contributed by atoms with van der Waals surface area (Å²) in [5, 5.41) is 8.56. The summed E-state index contributed by atoms with van der Waals surface area (Å²) in [6.07, 6.45) is 2.50. The van der Waals surface area contributed by atoms with Crippen LogP contribution in [0, 0.1) is 6.92 Å². The third-order valence-electron chi connectivity index (χ3n) is 3.20. The predicted octanol–water partition coefficient (Wildman–Crippen LogP) is 2.88. The van der Waals surface area contributed by atoms with Crippen molar-refractivity contribution in [3.05, 3.63) is 65.7 Å². The van der Waals surface area contributed by atoms with Gasteiger partial charge in [0, 0.05) is 6.08 Å². The number of carboxylic acids is 1. The molecule has 0 saturated heterocycles. The van der Waals surface area contributed by atoms with Crippen molar-refractivity contribution < 1.29 is 27.2 Å². The summed E-state index contributed by atoms with van der Waals surface area (Å²) in [6.45, 7) is 1.82. The molecule has 6 nitrogen and oxygen atoms in total. The second-order valence-electron chi connectivity index (χ2n) is 5.18. The van der Waals surface area contributed by atoms with Crippen LogP contribution in [0.15, 0.2) is 59.5 Å². The van der Waals surface area contributed by atoms with E-state index in [1.165, 1.54) is 18.2 Å². The van der Waals surface area contributed by atoms with E-state index in [-0.39, 0.29) is 18.1 Å². The molecule has 0 atom stereocenters. The molecule has 0 saturated carbocycles. The van der Waals surface area contributed by atoms with Crippen LogP contribution in [0.5, 0.6) is 5.75 Å². The number of carbonyl (C=O) groups is 1. The fourth-order valence-electron chi connectivity index (χ4n) is 1.92. The van der Waals surface area contributed by atoms with Gasteiger partial charge in [-0.15, -0.1) is 0 Å². The topological polar surface area (TPSA) is 89.9 Å². The molecule has 2 aromatic rings. The molecular formula is C18H18O6S. The van der Waals surface area contributed by atoms with Crippen LogP contribution < -0.4 is 4.74 Å². The van der Waals surface area contributed by atoms with Crippen LogP contribution in [-0.4, -0.2) is 32.7 Å². The van der Waals surface area contributed by atoms with Crippen molar-refractivity contribution in [1.82, 2.24) is 0 Å². The molecule has 0 aliphatic rings. The number of hydrogen-bond donors (Lipinski definition) is 1. The zero-order valence-electron chi connectivity index (χ0n) is 13.6. The summed E-state index contributed by atoms with van der Waals surface area (Å²) in [7, 11) is -3.80. The molecule has 25 heavy (non-hydrogen) atoms. The van der Waals surface area contributed by atoms with Gasteiger partial charge in [0.25, 0.3) is 10.1 Å². The normalized spacial score (nSPS) is 11.6. The molecule has 0 heterocycles. The van der Waals surface area contributed by atoms with E-state index in [1.807, 2.05) is 6.92 Å².